The molecule has 1 aromatic heterocycles. The molecule has 0 aromatic carbocycles. The van der Waals surface area contributed by atoms with Crippen molar-refractivity contribution in [3.63, 3.8) is 0 Å². The van der Waals surface area contributed by atoms with Gasteiger partial charge in [-0.3, -0.25) is 0 Å². The highest BCUT2D eigenvalue weighted by molar-refractivity contribution is 7.11. The Labute approximate surface area is 120 Å². The first-order valence-electron chi connectivity index (χ1n) is 7.26. The molecule has 2 rings (SSSR count). The molecule has 1 aliphatic rings. The van der Waals surface area contributed by atoms with Crippen LogP contribution in [0.1, 0.15) is 48.2 Å². The maximum atomic E-state index is 5.19. The molecule has 0 radical (unpaired) electrons. The van der Waals surface area contributed by atoms with E-state index >= 15 is 0 Å². The number of nitrogens with one attached hydrogen (secondary N) is 1. The van der Waals surface area contributed by atoms with Crippen LogP contribution in [0.3, 0.4) is 0 Å². The Bertz CT molecular complexity index is 399. The molecular weight excluding hydrogens is 256 g/mol. The average Bonchev–Trinajstić information content (AvgIpc) is 2.71. The van der Waals surface area contributed by atoms with Gasteiger partial charge < -0.3 is 10.1 Å². The number of aryl methyl sites for hydroxylation is 2. The molecule has 0 bridgehead atoms. The van der Waals surface area contributed by atoms with Crippen molar-refractivity contribution in [2.24, 2.45) is 5.92 Å². The Kier molecular flexibility index (Phi) is 4.98. The zero-order valence-electron chi connectivity index (χ0n) is 12.6. The Morgan fingerprint density at radius 2 is 2.26 bits per heavy atom. The standard InChI is InChI=1S/C15H26N2OS/c1-11-6-5-7-15(10-11,16-8-9-18-4)14-17-12(2)13(3)19-14/h11,16H,5-10H2,1-4H3. The molecule has 0 amide bonds. The first kappa shape index (κ1) is 14.9. The van der Waals surface area contributed by atoms with Crippen LogP contribution >= 0.6 is 11.3 Å². The quantitative estimate of drug-likeness (QED) is 0.841. The fraction of sp³-hybridized carbons (Fsp3) is 0.800. The minimum absolute atomic E-state index is 0.0832. The predicted octanol–water partition coefficient (Wildman–Crippen LogP) is 3.40. The van der Waals surface area contributed by atoms with Crippen LogP contribution in [0.5, 0.6) is 0 Å². The van der Waals surface area contributed by atoms with Crippen molar-refractivity contribution >= 4 is 11.3 Å². The van der Waals surface area contributed by atoms with Gasteiger partial charge in [0.05, 0.1) is 17.8 Å². The van der Waals surface area contributed by atoms with Crippen molar-refractivity contribution in [1.29, 1.82) is 0 Å². The molecule has 1 aliphatic carbocycles. The molecule has 3 nitrogen and oxygen atoms in total. The summed E-state index contributed by atoms with van der Waals surface area (Å²) in [5.74, 6) is 0.772. The van der Waals surface area contributed by atoms with Crippen molar-refractivity contribution < 1.29 is 4.74 Å². The second-order valence-electron chi connectivity index (χ2n) is 5.86. The number of rotatable bonds is 5. The summed E-state index contributed by atoms with van der Waals surface area (Å²) < 4.78 is 5.19. The number of aromatic nitrogens is 1. The third kappa shape index (κ3) is 3.36. The van der Waals surface area contributed by atoms with Gasteiger partial charge in [0.2, 0.25) is 0 Å². The van der Waals surface area contributed by atoms with E-state index in [1.807, 2.05) is 11.3 Å². The van der Waals surface area contributed by atoms with Gasteiger partial charge in [0.15, 0.2) is 0 Å². The average molecular weight is 282 g/mol. The van der Waals surface area contributed by atoms with E-state index in [4.69, 9.17) is 9.72 Å². The third-order valence-electron chi connectivity index (χ3n) is 4.20. The van der Waals surface area contributed by atoms with Gasteiger partial charge in [0.1, 0.15) is 5.01 Å². The summed E-state index contributed by atoms with van der Waals surface area (Å²) >= 11 is 1.87. The summed E-state index contributed by atoms with van der Waals surface area (Å²) in [5, 5.41) is 5.03. The maximum Gasteiger partial charge on any atom is 0.113 e. The maximum absolute atomic E-state index is 5.19. The van der Waals surface area contributed by atoms with Crippen LogP contribution in [-0.2, 0) is 10.3 Å². The number of thiazole rings is 1. The van der Waals surface area contributed by atoms with E-state index in [-0.39, 0.29) is 5.54 Å². The van der Waals surface area contributed by atoms with Crippen molar-refractivity contribution in [3.05, 3.63) is 15.6 Å². The van der Waals surface area contributed by atoms with Gasteiger partial charge in [0, 0.05) is 18.5 Å². The number of hydrogen-bond acceptors (Lipinski definition) is 4. The van der Waals surface area contributed by atoms with Crippen LogP contribution in [0, 0.1) is 19.8 Å². The number of hydrogen-bond donors (Lipinski definition) is 1. The fourth-order valence-electron chi connectivity index (χ4n) is 3.05. The summed E-state index contributed by atoms with van der Waals surface area (Å²) in [6.45, 7) is 8.32. The van der Waals surface area contributed by atoms with Crippen LogP contribution in [0.25, 0.3) is 0 Å². The molecule has 1 fully saturated rings. The second-order valence-corrected chi connectivity index (χ2v) is 7.07. The van der Waals surface area contributed by atoms with Crippen LogP contribution in [0.4, 0.5) is 0 Å². The van der Waals surface area contributed by atoms with Crippen LogP contribution < -0.4 is 5.32 Å². The van der Waals surface area contributed by atoms with Gasteiger partial charge in [-0.2, -0.15) is 0 Å². The van der Waals surface area contributed by atoms with Gasteiger partial charge in [-0.05, 0) is 32.6 Å². The van der Waals surface area contributed by atoms with Gasteiger partial charge in [0.25, 0.3) is 0 Å². The van der Waals surface area contributed by atoms with Gasteiger partial charge in [-0.1, -0.05) is 19.8 Å². The molecule has 2 unspecified atom stereocenters. The molecule has 0 saturated heterocycles. The molecule has 0 spiro atoms. The summed E-state index contributed by atoms with van der Waals surface area (Å²) in [7, 11) is 1.76. The molecule has 0 aliphatic heterocycles. The molecule has 4 heteroatoms. The minimum atomic E-state index is 0.0832. The Morgan fingerprint density at radius 1 is 1.47 bits per heavy atom. The van der Waals surface area contributed by atoms with E-state index in [1.54, 1.807) is 7.11 Å². The van der Waals surface area contributed by atoms with Crippen molar-refractivity contribution in [1.82, 2.24) is 10.3 Å². The first-order chi connectivity index (χ1) is 9.07. The lowest BCUT2D eigenvalue weighted by molar-refractivity contribution is 0.149. The van der Waals surface area contributed by atoms with E-state index in [9.17, 15) is 0 Å². The Balaban J connectivity index is 2.22. The third-order valence-corrected chi connectivity index (χ3v) is 5.48. The van der Waals surface area contributed by atoms with Crippen molar-refractivity contribution in [2.75, 3.05) is 20.3 Å². The zero-order chi connectivity index (χ0) is 13.9. The second kappa shape index (κ2) is 6.33. The molecule has 19 heavy (non-hydrogen) atoms. The predicted molar refractivity (Wildman–Crippen MR) is 80.8 cm³/mol. The molecule has 1 saturated carbocycles. The Hall–Kier alpha value is -0.450. The largest absolute Gasteiger partial charge is 0.383 e. The molecule has 1 N–H and O–H groups in total. The normalized spacial score (nSPS) is 27.7. The van der Waals surface area contributed by atoms with Gasteiger partial charge in [-0.15, -0.1) is 11.3 Å². The number of nitrogens with zero attached hydrogens (tertiary/aromatic N) is 1. The topological polar surface area (TPSA) is 34.1 Å². The van der Waals surface area contributed by atoms with E-state index in [2.05, 4.69) is 26.1 Å². The monoisotopic (exact) mass is 282 g/mol. The van der Waals surface area contributed by atoms with Crippen LogP contribution in [-0.4, -0.2) is 25.2 Å². The van der Waals surface area contributed by atoms with E-state index in [0.29, 0.717) is 0 Å². The van der Waals surface area contributed by atoms with E-state index < -0.39 is 0 Å². The fourth-order valence-corrected chi connectivity index (χ4v) is 4.17. The summed E-state index contributed by atoms with van der Waals surface area (Å²) in [5.41, 5.74) is 1.27. The van der Waals surface area contributed by atoms with Crippen LogP contribution in [0.15, 0.2) is 0 Å². The highest BCUT2D eigenvalue weighted by Crippen LogP contribution is 2.41. The summed E-state index contributed by atoms with van der Waals surface area (Å²) in [6, 6.07) is 0. The molecule has 1 heterocycles. The Morgan fingerprint density at radius 3 is 2.84 bits per heavy atom. The SMILES string of the molecule is COCCNC1(c2nc(C)c(C)s2)CCCC(C)C1. The number of methoxy groups -OCH3 is 1. The lowest BCUT2D eigenvalue weighted by Crippen LogP contribution is -2.47. The van der Waals surface area contributed by atoms with Gasteiger partial charge >= 0.3 is 0 Å². The molecular formula is C15H26N2OS. The number of ether oxygens (including phenoxy) is 1. The highest BCUT2D eigenvalue weighted by atomic mass is 32.1. The zero-order valence-corrected chi connectivity index (χ0v) is 13.4. The minimum Gasteiger partial charge on any atom is -0.383 e. The molecule has 1 aromatic rings. The summed E-state index contributed by atoms with van der Waals surface area (Å²) in [6.07, 6.45) is 5.03. The van der Waals surface area contributed by atoms with E-state index in [1.165, 1.54) is 41.3 Å². The lowest BCUT2D eigenvalue weighted by atomic mass is 9.76. The van der Waals surface area contributed by atoms with Crippen LogP contribution in [0.2, 0.25) is 0 Å². The lowest BCUT2D eigenvalue weighted by Gasteiger charge is -2.39. The highest BCUT2D eigenvalue weighted by Gasteiger charge is 2.38. The first-order valence-corrected chi connectivity index (χ1v) is 8.07. The van der Waals surface area contributed by atoms with Crippen molar-refractivity contribution in [3.8, 4) is 0 Å². The van der Waals surface area contributed by atoms with Crippen molar-refractivity contribution in [2.45, 2.75) is 52.0 Å². The summed E-state index contributed by atoms with van der Waals surface area (Å²) in [4.78, 5) is 6.18. The van der Waals surface area contributed by atoms with E-state index in [0.717, 1.165) is 19.1 Å². The molecule has 108 valence electrons. The molecule has 2 atom stereocenters. The smallest absolute Gasteiger partial charge is 0.113 e. The van der Waals surface area contributed by atoms with Gasteiger partial charge in [-0.25, -0.2) is 4.98 Å².